The summed E-state index contributed by atoms with van der Waals surface area (Å²) in [5.74, 6) is -0.918. The Hall–Kier alpha value is -3.80. The molecule has 0 unspecified atom stereocenters. The predicted molar refractivity (Wildman–Crippen MR) is 137 cm³/mol. The van der Waals surface area contributed by atoms with Gasteiger partial charge in [-0.25, -0.2) is 23.5 Å². The molecule has 3 N–H and O–H groups in total. The highest BCUT2D eigenvalue weighted by Gasteiger charge is 2.32. The Morgan fingerprint density at radius 3 is 2.64 bits per heavy atom. The molecule has 1 amide bonds. The lowest BCUT2D eigenvalue weighted by Crippen LogP contribution is -2.49. The number of sulfonamides is 1. The van der Waals surface area contributed by atoms with E-state index in [1.54, 1.807) is 6.07 Å². The van der Waals surface area contributed by atoms with Crippen LogP contribution in [0, 0.1) is 11.7 Å². The molecule has 0 atom stereocenters. The summed E-state index contributed by atoms with van der Waals surface area (Å²) >= 11 is 0. The molecule has 0 aliphatic carbocycles. The van der Waals surface area contributed by atoms with E-state index >= 15 is 0 Å². The quantitative estimate of drug-likeness (QED) is 0.455. The predicted octanol–water partition coefficient (Wildman–Crippen LogP) is 3.91. The van der Waals surface area contributed by atoms with Crippen LogP contribution in [-0.2, 0) is 10.0 Å². The van der Waals surface area contributed by atoms with E-state index in [-0.39, 0.29) is 40.5 Å². The summed E-state index contributed by atoms with van der Waals surface area (Å²) in [6.45, 7) is 4.28. The van der Waals surface area contributed by atoms with E-state index < -0.39 is 32.9 Å². The van der Waals surface area contributed by atoms with Crippen molar-refractivity contribution in [3.63, 3.8) is 0 Å². The molecule has 12 heteroatoms. The van der Waals surface area contributed by atoms with Gasteiger partial charge < -0.3 is 15.4 Å². The van der Waals surface area contributed by atoms with Gasteiger partial charge in [-0.1, -0.05) is 19.9 Å². The van der Waals surface area contributed by atoms with Gasteiger partial charge in [0.25, 0.3) is 15.9 Å². The van der Waals surface area contributed by atoms with Crippen LogP contribution in [0.3, 0.4) is 0 Å². The number of rotatable bonds is 8. The lowest BCUT2D eigenvalue weighted by Gasteiger charge is -2.36. The molecule has 1 saturated heterocycles. The molecule has 0 bridgehead atoms. The molecule has 1 fully saturated rings. The number of carbonyl (C=O) groups is 1. The molecule has 2 aromatic heterocycles. The van der Waals surface area contributed by atoms with E-state index in [9.17, 15) is 22.0 Å². The number of amides is 1. The Labute approximate surface area is 211 Å². The van der Waals surface area contributed by atoms with Gasteiger partial charge in [-0.15, -0.1) is 0 Å². The number of nitrogens with two attached hydrogens (primary N) is 1. The number of alkyl halides is 1. The van der Waals surface area contributed by atoms with E-state index in [1.165, 1.54) is 47.4 Å². The Morgan fingerprint density at radius 1 is 1.22 bits per heavy atom. The van der Waals surface area contributed by atoms with Crippen LogP contribution in [0.1, 0.15) is 28.5 Å². The zero-order valence-electron chi connectivity index (χ0n) is 19.6. The molecule has 3 heterocycles. The maximum absolute atomic E-state index is 14.3. The monoisotopic (exact) mass is 523 g/mol. The minimum atomic E-state index is -4.34. The van der Waals surface area contributed by atoms with E-state index in [0.717, 1.165) is 0 Å². The van der Waals surface area contributed by atoms with Gasteiger partial charge in [-0.3, -0.25) is 4.79 Å². The van der Waals surface area contributed by atoms with Gasteiger partial charge in [-0.05, 0) is 42.3 Å². The van der Waals surface area contributed by atoms with Crippen molar-refractivity contribution in [1.82, 2.24) is 14.7 Å². The van der Waals surface area contributed by atoms with Gasteiger partial charge in [-0.2, -0.15) is 8.42 Å². The van der Waals surface area contributed by atoms with Crippen molar-refractivity contribution >= 4 is 27.6 Å². The number of nitrogen functional groups attached to an aromatic ring is 1. The van der Waals surface area contributed by atoms with Crippen molar-refractivity contribution in [2.45, 2.75) is 25.0 Å². The Morgan fingerprint density at radius 2 is 1.97 bits per heavy atom. The highest BCUT2D eigenvalue weighted by molar-refractivity contribution is 7.90. The first-order chi connectivity index (χ1) is 17.0. The smallest absolute Gasteiger partial charge is 0.281 e. The lowest BCUT2D eigenvalue weighted by atomic mass is 10.1. The van der Waals surface area contributed by atoms with Crippen LogP contribution in [0.5, 0.6) is 5.75 Å². The average Bonchev–Trinajstić information content (AvgIpc) is 2.79. The summed E-state index contributed by atoms with van der Waals surface area (Å²) in [6.07, 6.45) is -1.11. The number of pyridine rings is 2. The summed E-state index contributed by atoms with van der Waals surface area (Å²) < 4.78 is 60.8. The number of anilines is 2. The number of nitrogens with one attached hydrogen (secondary N) is 1. The van der Waals surface area contributed by atoms with Crippen LogP contribution < -0.4 is 20.1 Å². The van der Waals surface area contributed by atoms with Gasteiger partial charge >= 0.3 is 0 Å². The van der Waals surface area contributed by atoms with Gasteiger partial charge in [0.15, 0.2) is 5.03 Å². The number of hydrogen-bond acceptors (Lipinski definition) is 8. The topological polar surface area (TPSA) is 128 Å². The van der Waals surface area contributed by atoms with Crippen LogP contribution in [0.15, 0.2) is 53.6 Å². The van der Waals surface area contributed by atoms with Crippen LogP contribution in [0.4, 0.5) is 20.4 Å². The highest BCUT2D eigenvalue weighted by Crippen LogP contribution is 2.31. The molecule has 0 radical (unpaired) electrons. The first kappa shape index (κ1) is 25.3. The van der Waals surface area contributed by atoms with E-state index in [1.807, 2.05) is 18.6 Å². The van der Waals surface area contributed by atoms with Crippen molar-refractivity contribution in [3.05, 3.63) is 59.9 Å². The van der Waals surface area contributed by atoms with Crippen molar-refractivity contribution in [1.29, 1.82) is 0 Å². The lowest BCUT2D eigenvalue weighted by molar-refractivity contribution is 0.0980. The Kier molecular flexibility index (Phi) is 7.07. The summed E-state index contributed by atoms with van der Waals surface area (Å²) in [5, 5.41) is -0.427. The second-order valence-corrected chi connectivity index (χ2v) is 10.4. The number of halogens is 2. The molecule has 196 valence electrons. The van der Waals surface area contributed by atoms with E-state index in [4.69, 9.17) is 10.5 Å². The molecule has 1 aliphatic heterocycles. The van der Waals surface area contributed by atoms with Crippen molar-refractivity contribution in [3.8, 4) is 17.0 Å². The Balaban J connectivity index is 0.00000253. The minimum Gasteiger partial charge on any atom is -0.493 e. The van der Waals surface area contributed by atoms with Crippen molar-refractivity contribution < 1.29 is 31.0 Å². The Bertz CT molecular complexity index is 1410. The molecule has 1 aromatic carbocycles. The number of aromatic nitrogens is 2. The van der Waals surface area contributed by atoms with Crippen LogP contribution in [0.2, 0.25) is 0 Å². The first-order valence-corrected chi connectivity index (χ1v) is 12.6. The summed E-state index contributed by atoms with van der Waals surface area (Å²) in [6, 6.07) is 10.9. The SMILES string of the molecule is CC(C)COc1cc(F)cc(-c2ccc(C(=O)NS(=O)(=O)c3cccc(N)n3)c(N3CC(F)C3)n2)c1.[HH].[HH].[HH]. The normalized spacial score (nSPS) is 14.0. The van der Waals surface area contributed by atoms with E-state index in [2.05, 4.69) is 9.97 Å². The number of carbonyl (C=O) groups excluding carboxylic acids is 1. The molecule has 9 nitrogen and oxygen atoms in total. The molecular weight excluding hydrogens is 492 g/mol. The third kappa shape index (κ3) is 5.70. The summed E-state index contributed by atoms with van der Waals surface area (Å²) in [5.41, 5.74) is 6.15. The van der Waals surface area contributed by atoms with Crippen LogP contribution in [0.25, 0.3) is 11.3 Å². The summed E-state index contributed by atoms with van der Waals surface area (Å²) in [4.78, 5) is 22.7. The fraction of sp³-hybridized carbons (Fsp3) is 0.292. The molecular formula is C24H31F2N5O4S. The first-order valence-electron chi connectivity index (χ1n) is 11.2. The van der Waals surface area contributed by atoms with E-state index in [0.29, 0.717) is 23.6 Å². The number of ether oxygens (including phenoxy) is 1. The fourth-order valence-electron chi connectivity index (χ4n) is 3.49. The zero-order chi connectivity index (χ0) is 26.0. The number of hydrogen-bond donors (Lipinski definition) is 2. The third-order valence-corrected chi connectivity index (χ3v) is 6.49. The molecule has 36 heavy (non-hydrogen) atoms. The fourth-order valence-corrected chi connectivity index (χ4v) is 4.43. The zero-order valence-corrected chi connectivity index (χ0v) is 20.4. The van der Waals surface area contributed by atoms with Crippen molar-refractivity contribution in [2.75, 3.05) is 30.3 Å². The summed E-state index contributed by atoms with van der Waals surface area (Å²) in [7, 11) is -4.34. The van der Waals surface area contributed by atoms with Crippen LogP contribution >= 0.6 is 0 Å². The highest BCUT2D eigenvalue weighted by atomic mass is 32.2. The average molecular weight is 524 g/mol. The van der Waals surface area contributed by atoms with Gasteiger partial charge in [0.1, 0.15) is 29.4 Å². The third-order valence-electron chi connectivity index (χ3n) is 5.25. The molecule has 0 saturated carbocycles. The largest absolute Gasteiger partial charge is 0.493 e. The van der Waals surface area contributed by atoms with Gasteiger partial charge in [0, 0.05) is 15.9 Å². The van der Waals surface area contributed by atoms with Gasteiger partial charge in [0.2, 0.25) is 0 Å². The number of nitrogens with zero attached hydrogens (tertiary/aromatic N) is 3. The maximum atomic E-state index is 14.3. The molecule has 3 aromatic rings. The molecule has 0 spiro atoms. The second-order valence-electron chi connectivity index (χ2n) is 8.79. The maximum Gasteiger partial charge on any atom is 0.281 e. The molecule has 1 aliphatic rings. The van der Waals surface area contributed by atoms with Crippen molar-refractivity contribution in [2.24, 2.45) is 5.92 Å². The van der Waals surface area contributed by atoms with Gasteiger partial charge in [0.05, 0.1) is 31.0 Å². The molecule has 4 rings (SSSR count). The number of benzene rings is 1. The standard InChI is InChI=1S/C24H25F2N5O4S.3H2/c1-14(2)13-35-18-9-15(8-16(25)10-18)20-7-6-19(23(28-20)31-11-17(26)12-31)24(32)30-36(33,34)22-5-3-4-21(27)29-22;;;/h3-10,14,17H,11-13H2,1-2H3,(H2,27,29)(H,30,32);3*1H. The van der Waals surface area contributed by atoms with Crippen LogP contribution in [-0.4, -0.2) is 50.2 Å². The minimum absolute atomic E-state index is 0. The second kappa shape index (κ2) is 10.1.